The summed E-state index contributed by atoms with van der Waals surface area (Å²) >= 11 is 0. The fourth-order valence-electron chi connectivity index (χ4n) is 3.03. The molecule has 2 aromatic rings. The summed E-state index contributed by atoms with van der Waals surface area (Å²) < 4.78 is 41.8. The van der Waals surface area contributed by atoms with Crippen LogP contribution in [0, 0.1) is 11.8 Å². The summed E-state index contributed by atoms with van der Waals surface area (Å²) in [5, 5.41) is 3.34. The highest BCUT2D eigenvalue weighted by molar-refractivity contribution is 5.96. The average Bonchev–Trinajstić information content (AvgIpc) is 3.11. The van der Waals surface area contributed by atoms with Crippen molar-refractivity contribution in [2.24, 2.45) is 11.8 Å². The number of carbonyl (C=O) groups excluding carboxylic acids is 1. The number of ketones is 1. The Balaban J connectivity index is 1.94. The molecule has 1 aromatic heterocycles. The molecular weight excluding hydrogens is 371 g/mol. The Morgan fingerprint density at radius 1 is 1.18 bits per heavy atom. The van der Waals surface area contributed by atoms with Gasteiger partial charge in [-0.1, -0.05) is 43.3 Å². The fourth-order valence-corrected chi connectivity index (χ4v) is 3.03. The summed E-state index contributed by atoms with van der Waals surface area (Å²) in [6, 6.07) is 6.23. The minimum absolute atomic E-state index is 0.0167. The summed E-state index contributed by atoms with van der Waals surface area (Å²) in [5.41, 5.74) is 0.888. The molecule has 0 N–H and O–H groups in total. The zero-order chi connectivity index (χ0) is 20.9. The lowest BCUT2D eigenvalue weighted by Gasteiger charge is -2.24. The molecule has 8 heteroatoms. The first-order valence-corrected chi connectivity index (χ1v) is 9.27. The molecule has 1 unspecified atom stereocenters. The highest BCUT2D eigenvalue weighted by atomic mass is 19.4. The molecule has 5 nitrogen and oxygen atoms in total. The molecule has 154 valence electrons. The van der Waals surface area contributed by atoms with E-state index < -0.39 is 12.1 Å². The molecule has 2 rings (SSSR count). The van der Waals surface area contributed by atoms with Gasteiger partial charge in [-0.15, -0.1) is 0 Å². The van der Waals surface area contributed by atoms with Crippen LogP contribution in [0.25, 0.3) is 11.4 Å². The summed E-state index contributed by atoms with van der Waals surface area (Å²) in [6.45, 7) is 5.37. The number of nitrogens with zero attached hydrogens (tertiary/aromatic N) is 3. The van der Waals surface area contributed by atoms with E-state index in [9.17, 15) is 18.0 Å². The number of alkyl halides is 3. The van der Waals surface area contributed by atoms with Crippen LogP contribution in [0.5, 0.6) is 0 Å². The summed E-state index contributed by atoms with van der Waals surface area (Å²) in [5.74, 6) is -0.447. The Morgan fingerprint density at radius 2 is 1.82 bits per heavy atom. The van der Waals surface area contributed by atoms with Gasteiger partial charge in [0.15, 0.2) is 5.78 Å². The first-order valence-electron chi connectivity index (χ1n) is 9.27. The normalized spacial score (nSPS) is 13.3. The molecule has 0 aliphatic carbocycles. The van der Waals surface area contributed by atoms with E-state index in [0.717, 1.165) is 19.4 Å². The van der Waals surface area contributed by atoms with E-state index in [0.29, 0.717) is 29.4 Å². The van der Waals surface area contributed by atoms with Crippen LogP contribution in [0.3, 0.4) is 0 Å². The predicted octanol–water partition coefficient (Wildman–Crippen LogP) is 4.94. The number of carbonyl (C=O) groups is 1. The van der Waals surface area contributed by atoms with Crippen LogP contribution < -0.4 is 0 Å². The lowest BCUT2D eigenvalue weighted by Crippen LogP contribution is -2.25. The Bertz CT molecular complexity index is 768. The van der Waals surface area contributed by atoms with Crippen molar-refractivity contribution in [1.29, 1.82) is 0 Å². The van der Waals surface area contributed by atoms with Crippen LogP contribution in [0.4, 0.5) is 13.2 Å². The molecule has 0 aliphatic heterocycles. The van der Waals surface area contributed by atoms with Gasteiger partial charge in [-0.05, 0) is 38.8 Å². The van der Waals surface area contributed by atoms with Crippen molar-refractivity contribution in [3.63, 3.8) is 0 Å². The lowest BCUT2D eigenvalue weighted by atomic mass is 9.89. The number of halogens is 3. The van der Waals surface area contributed by atoms with E-state index in [1.54, 1.807) is 12.1 Å². The van der Waals surface area contributed by atoms with Gasteiger partial charge in [-0.2, -0.15) is 18.2 Å². The van der Waals surface area contributed by atoms with Crippen molar-refractivity contribution >= 4 is 5.78 Å². The van der Waals surface area contributed by atoms with Gasteiger partial charge in [0.2, 0.25) is 5.82 Å². The largest absolute Gasteiger partial charge is 0.471 e. The number of aromatic nitrogens is 2. The van der Waals surface area contributed by atoms with E-state index in [-0.39, 0.29) is 11.6 Å². The minimum Gasteiger partial charge on any atom is -0.329 e. The molecule has 1 aromatic carbocycles. The van der Waals surface area contributed by atoms with Crippen molar-refractivity contribution < 1.29 is 22.5 Å². The zero-order valence-electron chi connectivity index (χ0n) is 16.6. The van der Waals surface area contributed by atoms with Crippen LogP contribution >= 0.6 is 0 Å². The Hall–Kier alpha value is -2.22. The number of hydrogen-bond donors (Lipinski definition) is 0. The zero-order valence-corrected chi connectivity index (χ0v) is 16.6. The van der Waals surface area contributed by atoms with Crippen LogP contribution in [0.15, 0.2) is 28.8 Å². The first kappa shape index (κ1) is 22.1. The second-order valence-electron chi connectivity index (χ2n) is 7.58. The van der Waals surface area contributed by atoms with Gasteiger partial charge in [0, 0.05) is 24.1 Å². The number of hydrogen-bond acceptors (Lipinski definition) is 5. The van der Waals surface area contributed by atoms with Crippen molar-refractivity contribution in [1.82, 2.24) is 15.0 Å². The second kappa shape index (κ2) is 9.32. The SMILES string of the molecule is CC(C)C(CCCC(=O)c1ccc(-c2noc(C(F)(F)F)n2)cc1)CN(C)C. The Morgan fingerprint density at radius 3 is 2.32 bits per heavy atom. The van der Waals surface area contributed by atoms with E-state index >= 15 is 0 Å². The molecule has 0 bridgehead atoms. The molecule has 0 saturated carbocycles. The maximum Gasteiger partial charge on any atom is 0.471 e. The van der Waals surface area contributed by atoms with Gasteiger partial charge in [-0.3, -0.25) is 4.79 Å². The molecule has 0 fully saturated rings. The molecule has 1 heterocycles. The molecule has 0 spiro atoms. The number of Topliss-reactive ketones (excluding diaryl/α,β-unsaturated/α-hetero) is 1. The van der Waals surface area contributed by atoms with Crippen LogP contribution in [-0.2, 0) is 6.18 Å². The molecular formula is C20H26F3N3O2. The molecule has 0 saturated heterocycles. The van der Waals surface area contributed by atoms with Gasteiger partial charge >= 0.3 is 12.1 Å². The maximum absolute atomic E-state index is 12.5. The van der Waals surface area contributed by atoms with Gasteiger partial charge in [-0.25, -0.2) is 0 Å². The smallest absolute Gasteiger partial charge is 0.329 e. The van der Waals surface area contributed by atoms with Gasteiger partial charge in [0.1, 0.15) is 0 Å². The summed E-state index contributed by atoms with van der Waals surface area (Å²) in [6.07, 6.45) is -2.46. The quantitative estimate of drug-likeness (QED) is 0.561. The summed E-state index contributed by atoms with van der Waals surface area (Å²) in [7, 11) is 4.09. The van der Waals surface area contributed by atoms with Gasteiger partial charge in [0.25, 0.3) is 0 Å². The molecule has 1 atom stereocenters. The molecule has 0 aliphatic rings. The topological polar surface area (TPSA) is 59.2 Å². The van der Waals surface area contributed by atoms with Crippen molar-refractivity contribution in [2.45, 2.75) is 39.3 Å². The molecule has 0 radical (unpaired) electrons. The Kier molecular flexibility index (Phi) is 7.35. The standard InChI is InChI=1S/C20H26F3N3O2/c1-13(2)16(12-26(3)4)6-5-7-17(27)14-8-10-15(11-9-14)18-24-19(28-25-18)20(21,22)23/h8-11,13,16H,5-7,12H2,1-4H3. The first-order chi connectivity index (χ1) is 13.1. The van der Waals surface area contributed by atoms with Crippen molar-refractivity contribution in [3.05, 3.63) is 35.7 Å². The Labute approximate surface area is 162 Å². The third-order valence-electron chi connectivity index (χ3n) is 4.65. The van der Waals surface area contributed by atoms with Gasteiger partial charge < -0.3 is 9.42 Å². The fraction of sp³-hybridized carbons (Fsp3) is 0.550. The highest BCUT2D eigenvalue weighted by Crippen LogP contribution is 2.29. The van der Waals surface area contributed by atoms with Gasteiger partial charge in [0.05, 0.1) is 0 Å². The van der Waals surface area contributed by atoms with E-state index in [1.807, 2.05) is 14.1 Å². The summed E-state index contributed by atoms with van der Waals surface area (Å²) in [4.78, 5) is 17.9. The van der Waals surface area contributed by atoms with Crippen molar-refractivity contribution in [2.75, 3.05) is 20.6 Å². The number of rotatable bonds is 9. The molecule has 28 heavy (non-hydrogen) atoms. The van der Waals surface area contributed by atoms with Crippen LogP contribution in [0.2, 0.25) is 0 Å². The van der Waals surface area contributed by atoms with Crippen LogP contribution in [0.1, 0.15) is 49.4 Å². The second-order valence-corrected chi connectivity index (χ2v) is 7.58. The third kappa shape index (κ3) is 6.15. The van der Waals surface area contributed by atoms with E-state index in [2.05, 4.69) is 33.4 Å². The van der Waals surface area contributed by atoms with Crippen LogP contribution in [-0.4, -0.2) is 41.5 Å². The highest BCUT2D eigenvalue weighted by Gasteiger charge is 2.38. The predicted molar refractivity (Wildman–Crippen MR) is 99.8 cm³/mol. The average molecular weight is 397 g/mol. The number of benzene rings is 1. The van der Waals surface area contributed by atoms with E-state index in [1.165, 1.54) is 12.1 Å². The third-order valence-corrected chi connectivity index (χ3v) is 4.65. The maximum atomic E-state index is 12.5. The molecule has 0 amide bonds. The minimum atomic E-state index is -4.68. The van der Waals surface area contributed by atoms with Crippen molar-refractivity contribution in [3.8, 4) is 11.4 Å². The lowest BCUT2D eigenvalue weighted by molar-refractivity contribution is -0.159. The van der Waals surface area contributed by atoms with E-state index in [4.69, 9.17) is 0 Å². The monoisotopic (exact) mass is 397 g/mol.